The predicted molar refractivity (Wildman–Crippen MR) is 103 cm³/mol. The number of carbonyl (C=O) groups is 2. The Hall–Kier alpha value is -3.53. The third-order valence-electron chi connectivity index (χ3n) is 5.35. The number of amides is 2. The maximum atomic E-state index is 14.2. The Bertz CT molecular complexity index is 1050. The molecule has 0 radical (unpaired) electrons. The van der Waals surface area contributed by atoms with Gasteiger partial charge in [-0.1, -0.05) is 24.3 Å². The molecule has 0 aliphatic carbocycles. The number of hydrogen-bond donors (Lipinski definition) is 0. The maximum absolute atomic E-state index is 14.2. The number of nitriles is 1. The van der Waals surface area contributed by atoms with Crippen molar-refractivity contribution in [2.24, 2.45) is 0 Å². The number of benzene rings is 2. The first-order chi connectivity index (χ1) is 13.7. The number of nitrogens with zero attached hydrogens (tertiary/aromatic N) is 3. The zero-order valence-electron chi connectivity index (χ0n) is 16.2. The lowest BCUT2D eigenvalue weighted by Crippen LogP contribution is -2.64. The van der Waals surface area contributed by atoms with E-state index in [4.69, 9.17) is 0 Å². The lowest BCUT2D eigenvalue weighted by Gasteiger charge is -2.45. The fourth-order valence-electron chi connectivity index (χ4n) is 3.42. The van der Waals surface area contributed by atoms with Gasteiger partial charge in [-0.25, -0.2) is 8.78 Å². The van der Waals surface area contributed by atoms with E-state index in [1.807, 2.05) is 6.07 Å². The summed E-state index contributed by atoms with van der Waals surface area (Å²) in [4.78, 5) is 28.6. The highest BCUT2D eigenvalue weighted by molar-refractivity contribution is 6.08. The lowest BCUT2D eigenvalue weighted by atomic mass is 9.86. The molecule has 5 nitrogen and oxygen atoms in total. The van der Waals surface area contributed by atoms with Gasteiger partial charge in [0.15, 0.2) is 0 Å². The lowest BCUT2D eigenvalue weighted by molar-refractivity contribution is -0.155. The molecule has 148 valence electrons. The van der Waals surface area contributed by atoms with Gasteiger partial charge in [0.05, 0.1) is 11.6 Å². The Morgan fingerprint density at radius 2 is 1.69 bits per heavy atom. The molecule has 1 heterocycles. The third kappa shape index (κ3) is 3.38. The molecule has 7 heteroatoms. The van der Waals surface area contributed by atoms with E-state index >= 15 is 0 Å². The fourth-order valence-corrected chi connectivity index (χ4v) is 3.42. The van der Waals surface area contributed by atoms with Crippen molar-refractivity contribution in [2.45, 2.75) is 18.9 Å². The molecule has 1 atom stereocenters. The van der Waals surface area contributed by atoms with E-state index in [1.54, 1.807) is 24.3 Å². The number of halogens is 2. The van der Waals surface area contributed by atoms with Gasteiger partial charge >= 0.3 is 0 Å². The molecule has 0 aromatic heterocycles. The minimum absolute atomic E-state index is 0.0756. The number of hydrogen-bond acceptors (Lipinski definition) is 3. The van der Waals surface area contributed by atoms with Gasteiger partial charge in [-0.15, -0.1) is 0 Å². The molecule has 2 amide bonds. The van der Waals surface area contributed by atoms with Gasteiger partial charge in [0, 0.05) is 26.1 Å². The summed E-state index contributed by atoms with van der Waals surface area (Å²) in [7, 11) is 2.86. The SMILES string of the molecule is CN1C(=O)C(C)(Cc2c(F)cccc2F)N(C)C(=O)/C1=C/c1ccccc1C#N. The summed E-state index contributed by atoms with van der Waals surface area (Å²) in [6.07, 6.45) is 1.16. The highest BCUT2D eigenvalue weighted by atomic mass is 19.1. The fraction of sp³-hybridized carbons (Fsp3) is 0.227. The number of likely N-dealkylation sites (N-methyl/N-ethyl adjacent to an activating group) is 2. The van der Waals surface area contributed by atoms with Crippen molar-refractivity contribution in [3.05, 3.63) is 76.5 Å². The van der Waals surface area contributed by atoms with Crippen molar-refractivity contribution in [1.82, 2.24) is 9.80 Å². The molecule has 0 saturated carbocycles. The Morgan fingerprint density at radius 3 is 2.31 bits per heavy atom. The van der Waals surface area contributed by atoms with Crippen LogP contribution in [-0.4, -0.2) is 41.2 Å². The second-order valence-electron chi connectivity index (χ2n) is 7.11. The zero-order valence-corrected chi connectivity index (χ0v) is 16.2. The van der Waals surface area contributed by atoms with Crippen LogP contribution in [0.5, 0.6) is 0 Å². The Morgan fingerprint density at radius 1 is 1.07 bits per heavy atom. The first-order valence-corrected chi connectivity index (χ1v) is 8.90. The van der Waals surface area contributed by atoms with Crippen molar-refractivity contribution in [3.63, 3.8) is 0 Å². The van der Waals surface area contributed by atoms with E-state index in [2.05, 4.69) is 0 Å². The molecular weight excluding hydrogens is 376 g/mol. The number of rotatable bonds is 3. The first kappa shape index (κ1) is 20.2. The van der Waals surface area contributed by atoms with Gasteiger partial charge in [-0.3, -0.25) is 9.59 Å². The van der Waals surface area contributed by atoms with Crippen LogP contribution in [0, 0.1) is 23.0 Å². The smallest absolute Gasteiger partial charge is 0.271 e. The average molecular weight is 395 g/mol. The topological polar surface area (TPSA) is 64.4 Å². The van der Waals surface area contributed by atoms with Crippen LogP contribution >= 0.6 is 0 Å². The van der Waals surface area contributed by atoms with Crippen LogP contribution in [-0.2, 0) is 16.0 Å². The normalized spacial score (nSPS) is 20.9. The molecule has 2 aromatic rings. The van der Waals surface area contributed by atoms with Crippen molar-refractivity contribution >= 4 is 17.9 Å². The summed E-state index contributed by atoms with van der Waals surface area (Å²) in [6.45, 7) is 1.48. The van der Waals surface area contributed by atoms with E-state index in [-0.39, 0.29) is 17.7 Å². The van der Waals surface area contributed by atoms with Gasteiger partial charge in [0.25, 0.3) is 11.8 Å². The standard InChI is InChI=1S/C22H19F2N3O2/c1-22(12-16-17(23)9-6-10-18(16)24)21(29)26(2)19(20(28)27(22)3)11-14-7-4-5-8-15(14)13-25/h4-11H,12H2,1-3H3/b19-11-. The molecule has 3 rings (SSSR count). The summed E-state index contributed by atoms with van der Waals surface area (Å²) in [6, 6.07) is 12.2. The first-order valence-electron chi connectivity index (χ1n) is 8.90. The number of carbonyl (C=O) groups excluding carboxylic acids is 2. The summed E-state index contributed by atoms with van der Waals surface area (Å²) in [5.41, 5.74) is -0.792. The quantitative estimate of drug-likeness (QED) is 0.750. The van der Waals surface area contributed by atoms with Crippen LogP contribution in [0.15, 0.2) is 48.2 Å². The monoisotopic (exact) mass is 395 g/mol. The summed E-state index contributed by atoms with van der Waals surface area (Å²) < 4.78 is 28.3. The van der Waals surface area contributed by atoms with Gasteiger partial charge in [-0.2, -0.15) is 5.26 Å². The Kier molecular flexibility index (Phi) is 5.21. The second-order valence-corrected chi connectivity index (χ2v) is 7.11. The van der Waals surface area contributed by atoms with Crippen LogP contribution in [0.25, 0.3) is 6.08 Å². The molecule has 1 saturated heterocycles. The molecule has 1 aliphatic rings. The van der Waals surface area contributed by atoms with E-state index in [0.29, 0.717) is 11.1 Å². The van der Waals surface area contributed by atoms with Crippen LogP contribution in [0.1, 0.15) is 23.6 Å². The van der Waals surface area contributed by atoms with Crippen molar-refractivity contribution < 1.29 is 18.4 Å². The van der Waals surface area contributed by atoms with E-state index in [9.17, 15) is 23.6 Å². The summed E-state index contributed by atoms with van der Waals surface area (Å²) >= 11 is 0. The Labute approximate surface area is 167 Å². The molecular formula is C22H19F2N3O2. The van der Waals surface area contributed by atoms with Crippen LogP contribution in [0.2, 0.25) is 0 Å². The predicted octanol–water partition coefficient (Wildman–Crippen LogP) is 3.11. The van der Waals surface area contributed by atoms with Crippen molar-refractivity contribution in [3.8, 4) is 6.07 Å². The van der Waals surface area contributed by atoms with Gasteiger partial charge in [0.1, 0.15) is 22.9 Å². The summed E-state index contributed by atoms with van der Waals surface area (Å²) in [5.74, 6) is -2.51. The van der Waals surface area contributed by atoms with E-state index in [0.717, 1.165) is 12.1 Å². The zero-order chi connectivity index (χ0) is 21.3. The van der Waals surface area contributed by atoms with E-state index in [1.165, 1.54) is 43.0 Å². The minimum Gasteiger partial charge on any atom is -0.326 e. The molecule has 1 fully saturated rings. The minimum atomic E-state index is -1.47. The molecule has 29 heavy (non-hydrogen) atoms. The molecule has 0 bridgehead atoms. The van der Waals surface area contributed by atoms with Gasteiger partial charge < -0.3 is 9.80 Å². The van der Waals surface area contributed by atoms with Gasteiger partial charge in [-0.05, 0) is 36.8 Å². The van der Waals surface area contributed by atoms with E-state index < -0.39 is 29.0 Å². The molecule has 1 aliphatic heterocycles. The molecule has 0 N–H and O–H groups in total. The third-order valence-corrected chi connectivity index (χ3v) is 5.35. The highest BCUT2D eigenvalue weighted by Crippen LogP contribution is 2.32. The average Bonchev–Trinajstić information content (AvgIpc) is 2.71. The highest BCUT2D eigenvalue weighted by Gasteiger charge is 2.49. The largest absolute Gasteiger partial charge is 0.326 e. The van der Waals surface area contributed by atoms with Crippen LogP contribution in [0.3, 0.4) is 0 Å². The van der Waals surface area contributed by atoms with Crippen molar-refractivity contribution in [2.75, 3.05) is 14.1 Å². The number of piperazine rings is 1. The van der Waals surface area contributed by atoms with Gasteiger partial charge in [0.2, 0.25) is 0 Å². The molecule has 1 unspecified atom stereocenters. The van der Waals surface area contributed by atoms with Crippen molar-refractivity contribution in [1.29, 1.82) is 5.26 Å². The molecule has 0 spiro atoms. The van der Waals surface area contributed by atoms with Crippen LogP contribution < -0.4 is 0 Å². The summed E-state index contributed by atoms with van der Waals surface area (Å²) in [5, 5.41) is 9.26. The second kappa shape index (κ2) is 7.47. The Balaban J connectivity index is 2.03. The molecule has 2 aromatic carbocycles. The van der Waals surface area contributed by atoms with Crippen LogP contribution in [0.4, 0.5) is 8.78 Å². The maximum Gasteiger partial charge on any atom is 0.271 e.